The lowest BCUT2D eigenvalue weighted by Crippen LogP contribution is -2.24. The fraction of sp³-hybridized carbons (Fsp3) is 0.0435. The number of carbonyl (C=O) groups excluding carboxylic acids is 2. The monoisotopic (exact) mass is 451 g/mol. The highest BCUT2D eigenvalue weighted by atomic mass is 32.2. The van der Waals surface area contributed by atoms with Gasteiger partial charge in [0.15, 0.2) is 0 Å². The van der Waals surface area contributed by atoms with Gasteiger partial charge in [0.1, 0.15) is 5.75 Å². The van der Waals surface area contributed by atoms with E-state index in [0.717, 1.165) is 12.2 Å². The van der Waals surface area contributed by atoms with Crippen molar-refractivity contribution in [3.8, 4) is 16.9 Å². The zero-order chi connectivity index (χ0) is 23.3. The van der Waals surface area contributed by atoms with Gasteiger partial charge in [-0.1, -0.05) is 30.3 Å². The quantitative estimate of drug-likeness (QED) is 0.533. The zero-order valence-electron chi connectivity index (χ0n) is 17.1. The first kappa shape index (κ1) is 22.7. The fourth-order valence-electron chi connectivity index (χ4n) is 3.11. The maximum Gasteiger partial charge on any atom is 0.255 e. The number of hydrogen-bond acceptors (Lipinski definition) is 5. The maximum absolute atomic E-state index is 12.8. The Kier molecular flexibility index (Phi) is 6.72. The van der Waals surface area contributed by atoms with Crippen LogP contribution in [0.1, 0.15) is 0 Å². The number of anilines is 2. The Labute approximate surface area is 185 Å². The highest BCUT2D eigenvalue weighted by Gasteiger charge is 2.18. The van der Waals surface area contributed by atoms with Gasteiger partial charge in [0.05, 0.1) is 12.0 Å². The second-order valence-electron chi connectivity index (χ2n) is 6.70. The Morgan fingerprint density at radius 3 is 1.97 bits per heavy atom. The average Bonchev–Trinajstić information content (AvgIpc) is 2.78. The van der Waals surface area contributed by atoms with E-state index in [-0.39, 0.29) is 4.90 Å². The number of carbonyl (C=O) groups is 2. The van der Waals surface area contributed by atoms with Crippen LogP contribution >= 0.6 is 0 Å². The lowest BCUT2D eigenvalue weighted by atomic mass is 10.0. The number of amides is 2. The van der Waals surface area contributed by atoms with Crippen LogP contribution in [0.3, 0.4) is 0 Å². The van der Waals surface area contributed by atoms with E-state index in [4.69, 9.17) is 15.6 Å². The first-order valence-corrected chi connectivity index (χ1v) is 10.9. The molecule has 0 aliphatic rings. The average molecular weight is 452 g/mol. The van der Waals surface area contributed by atoms with E-state index >= 15 is 0 Å². The molecule has 0 aromatic heterocycles. The summed E-state index contributed by atoms with van der Waals surface area (Å²) in [4.78, 5) is 25.3. The molecule has 3 aromatic carbocycles. The van der Waals surface area contributed by atoms with Gasteiger partial charge in [-0.05, 0) is 48.0 Å². The van der Waals surface area contributed by atoms with Crippen LogP contribution in [0.5, 0.6) is 5.75 Å². The van der Waals surface area contributed by atoms with Crippen molar-refractivity contribution in [2.45, 2.75) is 4.90 Å². The highest BCUT2D eigenvalue weighted by molar-refractivity contribution is 7.89. The van der Waals surface area contributed by atoms with Crippen LogP contribution in [0.25, 0.3) is 11.1 Å². The molecule has 0 aliphatic heterocycles. The molecule has 0 saturated carbocycles. The molecule has 0 spiro atoms. The summed E-state index contributed by atoms with van der Waals surface area (Å²) in [6.45, 7) is 0. The van der Waals surface area contributed by atoms with Gasteiger partial charge in [-0.2, -0.15) is 0 Å². The van der Waals surface area contributed by atoms with Gasteiger partial charge in [0, 0.05) is 29.1 Å². The summed E-state index contributed by atoms with van der Waals surface area (Å²) in [5.41, 5.74) is 7.19. The van der Waals surface area contributed by atoms with Crippen molar-refractivity contribution in [3.63, 3.8) is 0 Å². The second-order valence-corrected chi connectivity index (χ2v) is 8.23. The molecular formula is C23H21N3O5S. The topological polar surface area (TPSA) is 133 Å². The first-order valence-electron chi connectivity index (χ1n) is 9.38. The minimum Gasteiger partial charge on any atom is -0.497 e. The molecule has 0 heterocycles. The number of methoxy groups -OCH3 is 1. The van der Waals surface area contributed by atoms with Gasteiger partial charge >= 0.3 is 0 Å². The lowest BCUT2D eigenvalue weighted by molar-refractivity contribution is -0.115. The minimum absolute atomic E-state index is 0.000212. The molecule has 0 radical (unpaired) electrons. The molecule has 2 amide bonds. The van der Waals surface area contributed by atoms with E-state index in [1.54, 1.807) is 66.7 Å². The SMILES string of the molecule is COc1ccc(N(C(=O)/C=C\C(N)=O)c2ccc(-c3ccccc3S(N)(=O)=O)cc2)cc1. The molecular weight excluding hydrogens is 430 g/mol. The predicted molar refractivity (Wildman–Crippen MR) is 122 cm³/mol. The normalized spacial score (nSPS) is 11.3. The summed E-state index contributed by atoms with van der Waals surface area (Å²) in [6, 6.07) is 19.9. The van der Waals surface area contributed by atoms with Gasteiger partial charge < -0.3 is 10.5 Å². The van der Waals surface area contributed by atoms with Crippen LogP contribution in [0.4, 0.5) is 11.4 Å². The number of nitrogens with zero attached hydrogens (tertiary/aromatic N) is 1. The number of rotatable bonds is 7. The van der Waals surface area contributed by atoms with Crippen molar-refractivity contribution in [2.75, 3.05) is 12.0 Å². The van der Waals surface area contributed by atoms with E-state index in [2.05, 4.69) is 0 Å². The molecule has 0 fully saturated rings. The predicted octanol–water partition coefficient (Wildman–Crippen LogP) is 2.72. The Morgan fingerprint density at radius 1 is 0.875 bits per heavy atom. The molecule has 32 heavy (non-hydrogen) atoms. The van der Waals surface area contributed by atoms with Gasteiger partial charge in [-0.25, -0.2) is 13.6 Å². The molecule has 0 saturated heterocycles. The van der Waals surface area contributed by atoms with E-state index < -0.39 is 21.8 Å². The highest BCUT2D eigenvalue weighted by Crippen LogP contribution is 2.32. The number of ether oxygens (including phenoxy) is 1. The van der Waals surface area contributed by atoms with Crippen LogP contribution in [0, 0.1) is 0 Å². The molecule has 3 aromatic rings. The van der Waals surface area contributed by atoms with Crippen molar-refractivity contribution in [1.82, 2.24) is 0 Å². The largest absolute Gasteiger partial charge is 0.497 e. The molecule has 0 bridgehead atoms. The third kappa shape index (κ3) is 5.20. The number of nitrogens with two attached hydrogens (primary N) is 2. The summed E-state index contributed by atoms with van der Waals surface area (Å²) >= 11 is 0. The first-order chi connectivity index (χ1) is 15.2. The smallest absolute Gasteiger partial charge is 0.255 e. The van der Waals surface area contributed by atoms with Gasteiger partial charge in [-0.3, -0.25) is 14.5 Å². The third-order valence-electron chi connectivity index (χ3n) is 4.57. The maximum atomic E-state index is 12.8. The van der Waals surface area contributed by atoms with Crippen LogP contribution in [0.15, 0.2) is 89.8 Å². The van der Waals surface area contributed by atoms with Crippen molar-refractivity contribution < 1.29 is 22.7 Å². The number of benzene rings is 3. The van der Waals surface area contributed by atoms with Crippen LogP contribution < -0.4 is 20.5 Å². The van der Waals surface area contributed by atoms with Crippen molar-refractivity contribution in [1.29, 1.82) is 0 Å². The Bertz CT molecular complexity index is 1270. The summed E-state index contributed by atoms with van der Waals surface area (Å²) in [5.74, 6) is -0.626. The third-order valence-corrected chi connectivity index (χ3v) is 5.54. The Hall–Kier alpha value is -3.95. The zero-order valence-corrected chi connectivity index (χ0v) is 18.0. The van der Waals surface area contributed by atoms with E-state index in [0.29, 0.717) is 28.3 Å². The van der Waals surface area contributed by atoms with E-state index in [9.17, 15) is 18.0 Å². The number of sulfonamides is 1. The summed E-state index contributed by atoms with van der Waals surface area (Å²) in [7, 11) is -2.38. The van der Waals surface area contributed by atoms with Gasteiger partial charge in [0.2, 0.25) is 15.9 Å². The fourth-order valence-corrected chi connectivity index (χ4v) is 3.87. The Balaban J connectivity index is 2.05. The van der Waals surface area contributed by atoms with E-state index in [1.165, 1.54) is 18.1 Å². The molecule has 9 heteroatoms. The van der Waals surface area contributed by atoms with Crippen molar-refractivity contribution in [2.24, 2.45) is 10.9 Å². The van der Waals surface area contributed by atoms with Gasteiger partial charge in [0.25, 0.3) is 5.91 Å². The molecule has 164 valence electrons. The van der Waals surface area contributed by atoms with Crippen LogP contribution in [-0.4, -0.2) is 27.3 Å². The summed E-state index contributed by atoms with van der Waals surface area (Å²) < 4.78 is 29.0. The van der Waals surface area contributed by atoms with Crippen LogP contribution in [0.2, 0.25) is 0 Å². The summed E-state index contributed by atoms with van der Waals surface area (Å²) in [5, 5.41) is 5.33. The number of hydrogen-bond donors (Lipinski definition) is 2. The van der Waals surface area contributed by atoms with Crippen molar-refractivity contribution in [3.05, 3.63) is 84.9 Å². The molecule has 8 nitrogen and oxygen atoms in total. The molecule has 0 atom stereocenters. The molecule has 4 N–H and O–H groups in total. The lowest BCUT2D eigenvalue weighted by Gasteiger charge is -2.22. The number of primary amides is 1. The van der Waals surface area contributed by atoms with Gasteiger partial charge in [-0.15, -0.1) is 0 Å². The molecule has 3 rings (SSSR count). The summed E-state index contributed by atoms with van der Waals surface area (Å²) in [6.07, 6.45) is 2.06. The Morgan fingerprint density at radius 2 is 1.44 bits per heavy atom. The molecule has 0 unspecified atom stereocenters. The number of primary sulfonamides is 1. The van der Waals surface area contributed by atoms with Crippen molar-refractivity contribution >= 4 is 33.2 Å². The van der Waals surface area contributed by atoms with E-state index in [1.807, 2.05) is 0 Å². The standard InChI is InChI=1S/C23H21N3O5S/c1-31-19-12-10-18(11-13-19)26(23(28)15-14-22(24)27)17-8-6-16(7-9-17)20-4-2-3-5-21(20)32(25,29)30/h2-15H,1H3,(H2,24,27)(H2,25,29,30)/b15-14-. The van der Waals surface area contributed by atoms with Crippen LogP contribution in [-0.2, 0) is 19.6 Å². The molecule has 0 aliphatic carbocycles. The second kappa shape index (κ2) is 9.46. The minimum atomic E-state index is -3.92.